The predicted molar refractivity (Wildman–Crippen MR) is 114 cm³/mol. The molecule has 2 heterocycles. The van der Waals surface area contributed by atoms with E-state index in [0.717, 1.165) is 12.8 Å². The van der Waals surface area contributed by atoms with E-state index in [2.05, 4.69) is 10.6 Å². The number of nitrogens with one attached hydrogen (secondary N) is 2. The van der Waals surface area contributed by atoms with Crippen LogP contribution in [-0.2, 0) is 23.9 Å². The van der Waals surface area contributed by atoms with Gasteiger partial charge in [0.15, 0.2) is 0 Å². The van der Waals surface area contributed by atoms with Gasteiger partial charge in [-0.25, -0.2) is 0 Å². The number of piperidine rings is 1. The first-order chi connectivity index (χ1) is 15.0. The first kappa shape index (κ1) is 22.7. The Morgan fingerprint density at radius 2 is 1.97 bits per heavy atom. The zero-order valence-electron chi connectivity index (χ0n) is 17.8. The minimum Gasteiger partial charge on any atom is -0.466 e. The predicted octanol–water partition coefficient (Wildman–Crippen LogP) is 0.617. The highest BCUT2D eigenvalue weighted by molar-refractivity contribution is 5.97. The van der Waals surface area contributed by atoms with Crippen molar-refractivity contribution >= 4 is 29.4 Å². The fourth-order valence-corrected chi connectivity index (χ4v) is 4.06. The molecular formula is C22H30N4O5. The topological polar surface area (TPSA) is 108 Å². The molecule has 0 aliphatic carbocycles. The number of benzene rings is 1. The minimum atomic E-state index is -0.851. The van der Waals surface area contributed by atoms with Crippen LogP contribution in [-0.4, -0.2) is 78.9 Å². The molecule has 3 amide bonds. The number of anilines is 1. The molecule has 2 N–H and O–H groups in total. The van der Waals surface area contributed by atoms with E-state index in [1.54, 1.807) is 31.2 Å². The molecule has 2 saturated heterocycles. The average Bonchev–Trinajstić information content (AvgIpc) is 2.76. The van der Waals surface area contributed by atoms with E-state index in [1.807, 2.05) is 11.0 Å². The lowest BCUT2D eigenvalue weighted by atomic mass is 9.98. The maximum absolute atomic E-state index is 13.0. The number of carbonyl (C=O) groups excluding carboxylic acids is 4. The minimum absolute atomic E-state index is 0.111. The molecule has 2 aliphatic rings. The quantitative estimate of drug-likeness (QED) is 0.614. The van der Waals surface area contributed by atoms with Crippen LogP contribution in [0.5, 0.6) is 0 Å². The van der Waals surface area contributed by atoms with Crippen LogP contribution in [0.2, 0.25) is 0 Å². The standard InChI is InChI=1S/C22H30N4O5/c1-2-31-22(30)16-7-6-11-25(14-16)15-20(28)26-12-10-23-21(29)18(26)13-19(27)24-17-8-4-3-5-9-17/h3-5,8-9,16,18H,2,6-7,10-15H2,1H3,(H,23,29)(H,24,27)/t16-,18+/m1/s1. The maximum Gasteiger partial charge on any atom is 0.310 e. The zero-order valence-corrected chi connectivity index (χ0v) is 17.8. The van der Waals surface area contributed by atoms with Gasteiger partial charge in [0.25, 0.3) is 0 Å². The summed E-state index contributed by atoms with van der Waals surface area (Å²) in [6.07, 6.45) is 1.44. The second-order valence-corrected chi connectivity index (χ2v) is 7.84. The zero-order chi connectivity index (χ0) is 22.2. The first-order valence-electron chi connectivity index (χ1n) is 10.8. The van der Waals surface area contributed by atoms with Gasteiger partial charge in [0.2, 0.25) is 17.7 Å². The van der Waals surface area contributed by atoms with Gasteiger partial charge in [0, 0.05) is 25.3 Å². The van der Waals surface area contributed by atoms with Crippen molar-refractivity contribution in [2.24, 2.45) is 5.92 Å². The first-order valence-corrected chi connectivity index (χ1v) is 10.8. The summed E-state index contributed by atoms with van der Waals surface area (Å²) in [5.74, 6) is -1.33. The van der Waals surface area contributed by atoms with Crippen LogP contribution in [0.25, 0.3) is 0 Å². The highest BCUT2D eigenvalue weighted by atomic mass is 16.5. The van der Waals surface area contributed by atoms with E-state index in [9.17, 15) is 19.2 Å². The van der Waals surface area contributed by atoms with E-state index in [0.29, 0.717) is 38.5 Å². The van der Waals surface area contributed by atoms with E-state index in [4.69, 9.17) is 4.74 Å². The molecule has 0 unspecified atom stereocenters. The lowest BCUT2D eigenvalue weighted by Gasteiger charge is -2.37. The van der Waals surface area contributed by atoms with Gasteiger partial charge >= 0.3 is 5.97 Å². The molecule has 31 heavy (non-hydrogen) atoms. The SMILES string of the molecule is CCOC(=O)[C@@H]1CCCN(CC(=O)N2CCNC(=O)[C@@H]2CC(=O)Nc2ccccc2)C1. The van der Waals surface area contributed by atoms with Gasteiger partial charge in [-0.1, -0.05) is 18.2 Å². The number of amides is 3. The number of likely N-dealkylation sites (tertiary alicyclic amines) is 1. The molecule has 2 atom stereocenters. The molecule has 2 fully saturated rings. The Morgan fingerprint density at radius 1 is 1.19 bits per heavy atom. The molecule has 2 aliphatic heterocycles. The van der Waals surface area contributed by atoms with Crippen molar-refractivity contribution in [1.82, 2.24) is 15.1 Å². The molecule has 0 spiro atoms. The number of hydrogen-bond acceptors (Lipinski definition) is 6. The number of nitrogens with zero attached hydrogens (tertiary/aromatic N) is 2. The third-order valence-electron chi connectivity index (χ3n) is 5.57. The van der Waals surface area contributed by atoms with Crippen molar-refractivity contribution in [3.8, 4) is 0 Å². The molecule has 0 saturated carbocycles. The second kappa shape index (κ2) is 10.9. The molecule has 3 rings (SSSR count). The second-order valence-electron chi connectivity index (χ2n) is 7.84. The Morgan fingerprint density at radius 3 is 2.71 bits per heavy atom. The average molecular weight is 431 g/mol. The molecular weight excluding hydrogens is 400 g/mol. The Labute approximate surface area is 182 Å². The largest absolute Gasteiger partial charge is 0.466 e. The summed E-state index contributed by atoms with van der Waals surface area (Å²) in [5, 5.41) is 5.50. The summed E-state index contributed by atoms with van der Waals surface area (Å²) < 4.78 is 5.12. The van der Waals surface area contributed by atoms with Gasteiger partial charge in [-0.05, 0) is 38.4 Å². The molecule has 1 aromatic carbocycles. The number of rotatable bonds is 7. The normalized spacial score (nSPS) is 21.8. The number of carbonyl (C=O) groups is 4. The fraction of sp³-hybridized carbons (Fsp3) is 0.545. The van der Waals surface area contributed by atoms with Crippen molar-refractivity contribution < 1.29 is 23.9 Å². The van der Waals surface area contributed by atoms with Gasteiger partial charge in [-0.3, -0.25) is 24.1 Å². The summed E-state index contributed by atoms with van der Waals surface area (Å²) in [6.45, 7) is 4.10. The van der Waals surface area contributed by atoms with E-state index in [-0.39, 0.29) is 42.6 Å². The van der Waals surface area contributed by atoms with Crippen LogP contribution < -0.4 is 10.6 Å². The Bertz CT molecular complexity index is 800. The smallest absolute Gasteiger partial charge is 0.310 e. The van der Waals surface area contributed by atoms with Crippen molar-refractivity contribution in [2.75, 3.05) is 44.6 Å². The van der Waals surface area contributed by atoms with Crippen LogP contribution in [0.1, 0.15) is 26.2 Å². The van der Waals surface area contributed by atoms with Crippen LogP contribution in [0.4, 0.5) is 5.69 Å². The van der Waals surface area contributed by atoms with Crippen LogP contribution in [0.3, 0.4) is 0 Å². The summed E-state index contributed by atoms with van der Waals surface area (Å²) >= 11 is 0. The van der Waals surface area contributed by atoms with Crippen molar-refractivity contribution in [1.29, 1.82) is 0 Å². The van der Waals surface area contributed by atoms with E-state index >= 15 is 0 Å². The lowest BCUT2D eigenvalue weighted by Crippen LogP contribution is -2.60. The third-order valence-corrected chi connectivity index (χ3v) is 5.57. The van der Waals surface area contributed by atoms with Crippen molar-refractivity contribution in [3.05, 3.63) is 30.3 Å². The van der Waals surface area contributed by atoms with E-state index < -0.39 is 6.04 Å². The van der Waals surface area contributed by atoms with Gasteiger partial charge in [-0.15, -0.1) is 0 Å². The van der Waals surface area contributed by atoms with Crippen LogP contribution in [0, 0.1) is 5.92 Å². The van der Waals surface area contributed by atoms with Gasteiger partial charge < -0.3 is 20.3 Å². The molecule has 0 radical (unpaired) electrons. The van der Waals surface area contributed by atoms with Gasteiger partial charge in [0.1, 0.15) is 6.04 Å². The molecule has 9 nitrogen and oxygen atoms in total. The van der Waals surface area contributed by atoms with Crippen molar-refractivity contribution in [2.45, 2.75) is 32.2 Å². The number of piperazine rings is 1. The van der Waals surface area contributed by atoms with E-state index in [1.165, 1.54) is 4.90 Å². The summed E-state index contributed by atoms with van der Waals surface area (Å²) in [4.78, 5) is 53.4. The monoisotopic (exact) mass is 430 g/mol. The molecule has 9 heteroatoms. The number of para-hydroxylation sites is 1. The molecule has 0 aromatic heterocycles. The molecule has 1 aromatic rings. The summed E-state index contributed by atoms with van der Waals surface area (Å²) in [6, 6.07) is 8.13. The van der Waals surface area contributed by atoms with Crippen LogP contribution in [0.15, 0.2) is 30.3 Å². The lowest BCUT2D eigenvalue weighted by molar-refractivity contribution is -0.151. The summed E-state index contributed by atoms with van der Waals surface area (Å²) in [7, 11) is 0. The highest BCUT2D eigenvalue weighted by Crippen LogP contribution is 2.19. The Balaban J connectivity index is 1.59. The maximum atomic E-state index is 13.0. The van der Waals surface area contributed by atoms with Crippen LogP contribution >= 0.6 is 0 Å². The molecule has 168 valence electrons. The van der Waals surface area contributed by atoms with Gasteiger partial charge in [-0.2, -0.15) is 0 Å². The Kier molecular flexibility index (Phi) is 8.00. The number of ether oxygens (including phenoxy) is 1. The summed E-state index contributed by atoms with van der Waals surface area (Å²) in [5.41, 5.74) is 0.639. The third kappa shape index (κ3) is 6.27. The molecule has 0 bridgehead atoms. The van der Waals surface area contributed by atoms with Gasteiger partial charge in [0.05, 0.1) is 25.5 Å². The Hall–Kier alpha value is -2.94. The highest BCUT2D eigenvalue weighted by Gasteiger charge is 2.36. The number of esters is 1. The van der Waals surface area contributed by atoms with Crippen molar-refractivity contribution in [3.63, 3.8) is 0 Å². The fourth-order valence-electron chi connectivity index (χ4n) is 4.06. The number of hydrogen-bond donors (Lipinski definition) is 2.